The third-order valence-corrected chi connectivity index (χ3v) is 9.52. The molecule has 0 aliphatic heterocycles. The molecular formula is C29H34N2O9. The van der Waals surface area contributed by atoms with Crippen LogP contribution < -0.4 is 5.73 Å². The first kappa shape index (κ1) is 28.1. The lowest BCUT2D eigenvalue weighted by atomic mass is 9.49. The molecule has 0 bridgehead atoms. The number of likely N-dealkylation sites (N-methyl/N-ethyl adjacent to an activating group) is 1. The SMILES string of the molecule is C[C@H]1c2cccc(O)c2C(=O)C2C(=O)[C@]3(O)C(=O)C(C(N)=O)C(=O)C(N(C)C)[C@@H]3[C@@H](OC(=O)C3CCCCC3)[C@@H]21. The van der Waals surface area contributed by atoms with Crippen LogP contribution in [-0.2, 0) is 28.7 Å². The number of amides is 1. The van der Waals surface area contributed by atoms with Crippen LogP contribution in [0.15, 0.2) is 18.2 Å². The maximum Gasteiger partial charge on any atom is 0.309 e. The molecule has 3 saturated carbocycles. The van der Waals surface area contributed by atoms with Gasteiger partial charge < -0.3 is 20.7 Å². The zero-order valence-electron chi connectivity index (χ0n) is 22.7. The molecule has 4 aliphatic carbocycles. The van der Waals surface area contributed by atoms with Gasteiger partial charge in [-0.3, -0.25) is 33.7 Å². The summed E-state index contributed by atoms with van der Waals surface area (Å²) in [5.74, 6) is -14.1. The third kappa shape index (κ3) is 3.85. The zero-order chi connectivity index (χ0) is 29.3. The number of hydrogen-bond acceptors (Lipinski definition) is 10. The van der Waals surface area contributed by atoms with Gasteiger partial charge in [-0.05, 0) is 44.5 Å². The molecule has 3 unspecified atom stereocenters. The van der Waals surface area contributed by atoms with E-state index in [-0.39, 0.29) is 11.3 Å². The smallest absolute Gasteiger partial charge is 0.309 e. The number of ether oxygens (including phenoxy) is 1. The van der Waals surface area contributed by atoms with Crippen molar-refractivity contribution in [2.75, 3.05) is 14.1 Å². The van der Waals surface area contributed by atoms with Gasteiger partial charge in [0.15, 0.2) is 34.7 Å². The number of benzene rings is 1. The minimum absolute atomic E-state index is 0.112. The topological polar surface area (TPSA) is 181 Å². The van der Waals surface area contributed by atoms with Crippen molar-refractivity contribution in [3.05, 3.63) is 29.3 Å². The molecule has 40 heavy (non-hydrogen) atoms. The molecule has 4 aliphatic rings. The minimum Gasteiger partial charge on any atom is -0.507 e. The van der Waals surface area contributed by atoms with Gasteiger partial charge in [-0.2, -0.15) is 0 Å². The van der Waals surface area contributed by atoms with Crippen molar-refractivity contribution >= 4 is 35.0 Å². The lowest BCUT2D eigenvalue weighted by Crippen LogP contribution is -2.78. The van der Waals surface area contributed by atoms with Crippen molar-refractivity contribution in [3.8, 4) is 5.75 Å². The van der Waals surface area contributed by atoms with E-state index in [0.717, 1.165) is 19.3 Å². The lowest BCUT2D eigenvalue weighted by molar-refractivity contribution is -0.207. The second-order valence-corrected chi connectivity index (χ2v) is 11.9. The first-order chi connectivity index (χ1) is 18.8. The molecule has 214 valence electrons. The average Bonchev–Trinajstić information content (AvgIpc) is 2.90. The van der Waals surface area contributed by atoms with Gasteiger partial charge >= 0.3 is 5.97 Å². The first-order valence-corrected chi connectivity index (χ1v) is 13.7. The maximum atomic E-state index is 14.2. The van der Waals surface area contributed by atoms with Gasteiger partial charge in [0, 0.05) is 5.92 Å². The van der Waals surface area contributed by atoms with Crippen LogP contribution in [0.1, 0.15) is 60.9 Å². The fraction of sp³-hybridized carbons (Fsp3) is 0.586. The number of hydrogen-bond donors (Lipinski definition) is 3. The summed E-state index contributed by atoms with van der Waals surface area (Å²) in [7, 11) is 2.96. The molecule has 4 N–H and O–H groups in total. The Hall–Kier alpha value is -3.44. The monoisotopic (exact) mass is 554 g/mol. The van der Waals surface area contributed by atoms with Crippen LogP contribution in [0.2, 0.25) is 0 Å². The highest BCUT2D eigenvalue weighted by molar-refractivity contribution is 6.32. The molecule has 1 aromatic carbocycles. The van der Waals surface area contributed by atoms with Crippen molar-refractivity contribution in [1.29, 1.82) is 0 Å². The Morgan fingerprint density at radius 3 is 2.30 bits per heavy atom. The van der Waals surface area contributed by atoms with Crippen LogP contribution >= 0.6 is 0 Å². The van der Waals surface area contributed by atoms with E-state index in [1.165, 1.54) is 25.1 Å². The summed E-state index contributed by atoms with van der Waals surface area (Å²) in [6.45, 7) is 1.71. The van der Waals surface area contributed by atoms with Gasteiger partial charge in [-0.1, -0.05) is 38.3 Å². The van der Waals surface area contributed by atoms with Crippen LogP contribution in [0.5, 0.6) is 5.75 Å². The molecular weight excluding hydrogens is 520 g/mol. The summed E-state index contributed by atoms with van der Waals surface area (Å²) in [4.78, 5) is 82.5. The number of nitrogens with zero attached hydrogens (tertiary/aromatic N) is 1. The molecule has 5 rings (SSSR count). The first-order valence-electron chi connectivity index (χ1n) is 13.7. The number of carbonyl (C=O) groups excluding carboxylic acids is 6. The second kappa shape index (κ2) is 9.88. The molecule has 0 heterocycles. The molecule has 0 saturated heterocycles. The van der Waals surface area contributed by atoms with Crippen LogP contribution in [0, 0.1) is 29.6 Å². The van der Waals surface area contributed by atoms with E-state index < -0.39 is 88.3 Å². The highest BCUT2D eigenvalue weighted by Gasteiger charge is 2.74. The van der Waals surface area contributed by atoms with Gasteiger partial charge in [0.2, 0.25) is 5.91 Å². The van der Waals surface area contributed by atoms with E-state index in [4.69, 9.17) is 10.5 Å². The number of rotatable bonds is 4. The Labute approximate surface area is 231 Å². The standard InChI is InChI=1S/C29H34N2O9/c1-12-14-10-7-11-15(32)17(14)22(33)18-16(12)24(40-28(38)13-8-5-4-6-9-13)20-21(31(2)3)23(34)19(27(30)37)26(36)29(20,39)25(18)35/h7,10-13,16,18-21,24,32,39H,4-6,8-9H2,1-3H3,(H2,30,37)/t12-,16+,18?,19?,20+,21?,24-,29-/m0/s1. The summed E-state index contributed by atoms with van der Waals surface area (Å²) in [6.07, 6.45) is 2.36. The number of fused-ring (bicyclic) bond motifs is 3. The van der Waals surface area contributed by atoms with E-state index in [9.17, 15) is 39.0 Å². The Bertz CT molecular complexity index is 1320. The molecule has 1 amide bonds. The van der Waals surface area contributed by atoms with Crippen LogP contribution in [0.25, 0.3) is 0 Å². The minimum atomic E-state index is -3.02. The number of phenolic OH excluding ortho intramolecular Hbond substituents is 1. The summed E-state index contributed by atoms with van der Waals surface area (Å²) in [5, 5.41) is 22.6. The van der Waals surface area contributed by atoms with Crippen LogP contribution in [0.3, 0.4) is 0 Å². The Kier molecular flexibility index (Phi) is 6.94. The highest BCUT2D eigenvalue weighted by atomic mass is 16.5. The van der Waals surface area contributed by atoms with Crippen LogP contribution in [0.4, 0.5) is 0 Å². The van der Waals surface area contributed by atoms with Gasteiger partial charge in [-0.15, -0.1) is 0 Å². The molecule has 0 radical (unpaired) electrons. The van der Waals surface area contributed by atoms with E-state index in [0.29, 0.717) is 18.4 Å². The Morgan fingerprint density at radius 1 is 1.05 bits per heavy atom. The number of ketones is 4. The van der Waals surface area contributed by atoms with E-state index in [2.05, 4.69) is 0 Å². The normalized spacial score (nSPS) is 36.1. The fourth-order valence-electron chi connectivity index (χ4n) is 7.63. The molecule has 0 aromatic heterocycles. The molecule has 8 atom stereocenters. The van der Waals surface area contributed by atoms with Crippen molar-refractivity contribution in [2.45, 2.75) is 62.7 Å². The van der Waals surface area contributed by atoms with Gasteiger partial charge in [0.1, 0.15) is 11.9 Å². The van der Waals surface area contributed by atoms with Gasteiger partial charge in [-0.25, -0.2) is 0 Å². The summed E-state index contributed by atoms with van der Waals surface area (Å²) in [5.41, 5.74) is 2.70. The number of phenols is 1. The zero-order valence-corrected chi connectivity index (χ0v) is 22.7. The van der Waals surface area contributed by atoms with E-state index >= 15 is 0 Å². The van der Waals surface area contributed by atoms with Crippen molar-refractivity contribution < 1.29 is 43.7 Å². The Morgan fingerprint density at radius 2 is 1.70 bits per heavy atom. The average molecular weight is 555 g/mol. The third-order valence-electron chi connectivity index (χ3n) is 9.52. The number of aliphatic hydroxyl groups is 1. The number of aromatic hydroxyl groups is 1. The molecule has 11 nitrogen and oxygen atoms in total. The number of esters is 1. The highest BCUT2D eigenvalue weighted by Crippen LogP contribution is 2.55. The number of primary amides is 1. The second-order valence-electron chi connectivity index (χ2n) is 11.9. The summed E-state index contributed by atoms with van der Waals surface area (Å²) < 4.78 is 6.11. The quantitative estimate of drug-likeness (QED) is 0.351. The van der Waals surface area contributed by atoms with E-state index in [1.54, 1.807) is 19.1 Å². The lowest BCUT2D eigenvalue weighted by Gasteiger charge is -2.56. The molecule has 1 aromatic rings. The number of Topliss-reactive ketones (excluding diaryl/α,β-unsaturated/α-hetero) is 4. The van der Waals surface area contributed by atoms with Gasteiger partial charge in [0.25, 0.3) is 0 Å². The predicted octanol–water partition coefficient (Wildman–Crippen LogP) is 0.530. The molecule has 3 fully saturated rings. The van der Waals surface area contributed by atoms with Crippen molar-refractivity contribution in [1.82, 2.24) is 4.90 Å². The van der Waals surface area contributed by atoms with E-state index in [1.807, 2.05) is 0 Å². The number of nitrogens with two attached hydrogens (primary N) is 1. The predicted molar refractivity (Wildman–Crippen MR) is 138 cm³/mol. The molecule has 11 heteroatoms. The summed E-state index contributed by atoms with van der Waals surface area (Å²) >= 11 is 0. The largest absolute Gasteiger partial charge is 0.507 e. The van der Waals surface area contributed by atoms with Gasteiger partial charge in [0.05, 0.1) is 29.4 Å². The maximum absolute atomic E-state index is 14.2. The van der Waals surface area contributed by atoms with Crippen molar-refractivity contribution in [3.63, 3.8) is 0 Å². The summed E-state index contributed by atoms with van der Waals surface area (Å²) in [6, 6.07) is 3.08. The van der Waals surface area contributed by atoms with Crippen molar-refractivity contribution in [2.24, 2.45) is 35.3 Å². The number of carbonyl (C=O) groups is 6. The molecule has 0 spiro atoms. The fourth-order valence-corrected chi connectivity index (χ4v) is 7.63. The van der Waals surface area contributed by atoms with Crippen LogP contribution in [-0.4, -0.2) is 82.0 Å². The Balaban J connectivity index is 1.73.